The molecule has 8 rings (SSSR count). The number of benzene rings is 6. The Morgan fingerprint density at radius 2 is 1.27 bits per heavy atom. The third-order valence-electron chi connectivity index (χ3n) is 11.2. The molecule has 0 N–H and O–H groups in total. The molecule has 0 fully saturated rings. The molecule has 1 aromatic heterocycles. The van der Waals surface area contributed by atoms with E-state index < -0.39 is 0 Å². The highest BCUT2D eigenvalue weighted by Gasteiger charge is 2.13. The number of aromatic nitrogens is 1. The molecule has 1 aliphatic rings. The molecule has 0 amide bonds. The summed E-state index contributed by atoms with van der Waals surface area (Å²) in [5.41, 5.74) is 15.5. The van der Waals surface area contributed by atoms with Crippen LogP contribution in [0.1, 0.15) is 86.4 Å². The van der Waals surface area contributed by atoms with Crippen LogP contribution in [0.5, 0.6) is 0 Å². The summed E-state index contributed by atoms with van der Waals surface area (Å²) in [6.07, 6.45) is 14.2. The summed E-state index contributed by atoms with van der Waals surface area (Å²) in [7, 11) is 0. The number of aryl methyl sites for hydroxylation is 2. The van der Waals surface area contributed by atoms with E-state index in [0.717, 1.165) is 57.7 Å². The molecule has 0 saturated carbocycles. The SMILES string of the molecule is C=C/C(c1ccc(-c2cc(CC)cc(-c3ccc(-c4nccc5c4C=CCC5)cc3)c2)cc1)=c1/ccccc1=C.C=NC(=NC(C)c1ccccc1)c1ccccc1.CCCC.S. The van der Waals surface area contributed by atoms with Crippen LogP contribution in [-0.4, -0.2) is 17.5 Å². The van der Waals surface area contributed by atoms with Gasteiger partial charge in [0, 0.05) is 22.9 Å². The maximum Gasteiger partial charge on any atom is 0.154 e. The van der Waals surface area contributed by atoms with Gasteiger partial charge < -0.3 is 0 Å². The van der Waals surface area contributed by atoms with Gasteiger partial charge in [-0.05, 0) is 106 Å². The van der Waals surface area contributed by atoms with Crippen LogP contribution in [0, 0.1) is 0 Å². The molecule has 63 heavy (non-hydrogen) atoms. The Morgan fingerprint density at radius 1 is 0.683 bits per heavy atom. The molecular weight excluding hydrogens is 783 g/mol. The van der Waals surface area contributed by atoms with Crippen molar-refractivity contribution in [1.29, 1.82) is 0 Å². The van der Waals surface area contributed by atoms with Crippen molar-refractivity contribution in [3.63, 3.8) is 0 Å². The zero-order chi connectivity index (χ0) is 43.7. The molecule has 3 nitrogen and oxygen atoms in total. The highest BCUT2D eigenvalue weighted by atomic mass is 32.1. The third-order valence-corrected chi connectivity index (χ3v) is 11.2. The van der Waals surface area contributed by atoms with E-state index in [1.54, 1.807) is 0 Å². The normalized spacial score (nSPS) is 12.5. The lowest BCUT2D eigenvalue weighted by atomic mass is 9.92. The Balaban J connectivity index is 0.000000271. The number of fused-ring (bicyclic) bond motifs is 1. The van der Waals surface area contributed by atoms with Crippen molar-refractivity contribution in [2.45, 2.75) is 65.8 Å². The van der Waals surface area contributed by atoms with E-state index >= 15 is 0 Å². The van der Waals surface area contributed by atoms with E-state index in [1.807, 2.05) is 79.0 Å². The Kier molecular flexibility index (Phi) is 18.2. The van der Waals surface area contributed by atoms with Gasteiger partial charge in [-0.25, -0.2) is 4.99 Å². The molecule has 4 heteroatoms. The first kappa shape index (κ1) is 47.4. The fourth-order valence-electron chi connectivity index (χ4n) is 7.43. The number of unbranched alkanes of at least 4 members (excludes halogenated alkanes) is 1. The first-order chi connectivity index (χ1) is 30.4. The first-order valence-electron chi connectivity index (χ1n) is 21.9. The standard InChI is InChI=1S/C39H33N.C16H16N2.C4H10.H2S/c1-4-28-24-34(29-14-18-32(19-15-29)36(5-2)37-12-8-6-10-27(37)3)26-35(25-28)30-16-20-33(21-17-30)39-38-13-9-7-11-31(38)22-23-40-39;1-13(14-9-5-3-6-10-14)18-16(17-2)15-11-7-4-8-12-15;1-3-4-2;/h5-6,8-10,12-26H,2-4,7,11H2,1H3;3-13H,2H2,1H3;3-4H2,1-2H3;1H2/b37-36+;;;. The number of nitrogens with zero attached hydrogens (tertiary/aromatic N) is 3. The summed E-state index contributed by atoms with van der Waals surface area (Å²) >= 11 is 0. The van der Waals surface area contributed by atoms with Crippen molar-refractivity contribution < 1.29 is 0 Å². The van der Waals surface area contributed by atoms with Gasteiger partial charge in [-0.3, -0.25) is 9.98 Å². The average Bonchev–Trinajstić information content (AvgIpc) is 3.34. The van der Waals surface area contributed by atoms with Crippen LogP contribution in [0.4, 0.5) is 0 Å². The molecule has 6 aromatic carbocycles. The monoisotopic (exact) mass is 843 g/mol. The second-order valence-corrected chi connectivity index (χ2v) is 15.4. The highest BCUT2D eigenvalue weighted by Crippen LogP contribution is 2.33. The Morgan fingerprint density at radius 3 is 1.86 bits per heavy atom. The number of aliphatic imine (C=N–C) groups is 2. The Labute approximate surface area is 383 Å². The summed E-state index contributed by atoms with van der Waals surface area (Å²) in [6.45, 7) is 20.5. The molecule has 0 bridgehead atoms. The predicted molar refractivity (Wildman–Crippen MR) is 280 cm³/mol. The van der Waals surface area contributed by atoms with Gasteiger partial charge in [0.15, 0.2) is 5.84 Å². The van der Waals surface area contributed by atoms with E-state index in [2.05, 4.69) is 161 Å². The average molecular weight is 844 g/mol. The number of rotatable bonds is 10. The molecular formula is C59H61N3S. The van der Waals surface area contributed by atoms with Gasteiger partial charge in [0.25, 0.3) is 0 Å². The van der Waals surface area contributed by atoms with E-state index in [9.17, 15) is 0 Å². The number of pyridine rings is 1. The van der Waals surface area contributed by atoms with Gasteiger partial charge in [0.05, 0.1) is 11.7 Å². The van der Waals surface area contributed by atoms with Crippen LogP contribution in [0.3, 0.4) is 0 Å². The van der Waals surface area contributed by atoms with Gasteiger partial charge in [-0.2, -0.15) is 13.5 Å². The van der Waals surface area contributed by atoms with Crippen LogP contribution in [-0.2, 0) is 12.8 Å². The zero-order valence-corrected chi connectivity index (χ0v) is 38.4. The number of hydrogen-bond acceptors (Lipinski definition) is 2. The maximum atomic E-state index is 4.73. The van der Waals surface area contributed by atoms with Crippen molar-refractivity contribution >= 4 is 44.3 Å². The lowest BCUT2D eigenvalue weighted by molar-refractivity contribution is 0.819. The molecule has 0 aliphatic heterocycles. The second kappa shape index (κ2) is 24.1. The lowest BCUT2D eigenvalue weighted by Crippen LogP contribution is -2.24. The molecule has 1 heterocycles. The van der Waals surface area contributed by atoms with Crippen molar-refractivity contribution in [2.24, 2.45) is 9.98 Å². The van der Waals surface area contributed by atoms with Crippen molar-refractivity contribution in [3.05, 3.63) is 226 Å². The number of amidine groups is 1. The van der Waals surface area contributed by atoms with E-state index in [0.29, 0.717) is 5.84 Å². The molecule has 1 aliphatic carbocycles. The molecule has 0 spiro atoms. The summed E-state index contributed by atoms with van der Waals surface area (Å²) in [4.78, 5) is 13.4. The van der Waals surface area contributed by atoms with E-state index in [-0.39, 0.29) is 19.5 Å². The third kappa shape index (κ3) is 12.5. The minimum atomic E-state index is 0. The van der Waals surface area contributed by atoms with Crippen LogP contribution in [0.15, 0.2) is 193 Å². The van der Waals surface area contributed by atoms with Crippen LogP contribution < -0.4 is 10.4 Å². The number of hydrogen-bond donors (Lipinski definition) is 0. The molecule has 7 aromatic rings. The molecule has 0 radical (unpaired) electrons. The highest BCUT2D eigenvalue weighted by molar-refractivity contribution is 7.59. The van der Waals surface area contributed by atoms with Crippen LogP contribution >= 0.6 is 13.5 Å². The van der Waals surface area contributed by atoms with E-state index in [4.69, 9.17) is 4.98 Å². The Bertz CT molecular complexity index is 2730. The molecule has 318 valence electrons. The molecule has 0 saturated heterocycles. The molecule has 1 atom stereocenters. The number of allylic oxidation sites excluding steroid dienone is 2. The van der Waals surface area contributed by atoms with E-state index in [1.165, 1.54) is 57.3 Å². The van der Waals surface area contributed by atoms with Crippen LogP contribution in [0.25, 0.3) is 51.7 Å². The maximum absolute atomic E-state index is 4.73. The van der Waals surface area contributed by atoms with Crippen molar-refractivity contribution in [2.75, 3.05) is 0 Å². The topological polar surface area (TPSA) is 37.6 Å². The summed E-state index contributed by atoms with van der Waals surface area (Å²) in [5, 5.41) is 2.12. The van der Waals surface area contributed by atoms with Crippen molar-refractivity contribution in [3.8, 4) is 33.5 Å². The predicted octanol–water partition coefficient (Wildman–Crippen LogP) is 14.2. The van der Waals surface area contributed by atoms with Crippen molar-refractivity contribution in [1.82, 2.24) is 4.98 Å². The van der Waals surface area contributed by atoms with Gasteiger partial charge in [-0.15, -0.1) is 0 Å². The van der Waals surface area contributed by atoms with Gasteiger partial charge >= 0.3 is 0 Å². The fourth-order valence-corrected chi connectivity index (χ4v) is 7.43. The smallest absolute Gasteiger partial charge is 0.154 e. The summed E-state index contributed by atoms with van der Waals surface area (Å²) < 4.78 is 0. The minimum absolute atomic E-state index is 0. The summed E-state index contributed by atoms with van der Waals surface area (Å²) in [6, 6.07) is 55.1. The fraction of sp³-hybridized carbons (Fsp3) is 0.169. The molecule has 1 unspecified atom stereocenters. The first-order valence-corrected chi connectivity index (χ1v) is 21.9. The second-order valence-electron chi connectivity index (χ2n) is 15.4. The zero-order valence-electron chi connectivity index (χ0n) is 37.4. The van der Waals surface area contributed by atoms with Crippen LogP contribution in [0.2, 0.25) is 0 Å². The largest absolute Gasteiger partial charge is 0.258 e. The lowest BCUT2D eigenvalue weighted by Gasteiger charge is -2.15. The quantitative estimate of drug-likeness (QED) is 0.0998. The summed E-state index contributed by atoms with van der Waals surface area (Å²) in [5.74, 6) is 0.687. The Hall–Kier alpha value is -6.62. The minimum Gasteiger partial charge on any atom is -0.258 e. The van der Waals surface area contributed by atoms with Gasteiger partial charge in [0.1, 0.15) is 0 Å². The van der Waals surface area contributed by atoms with Gasteiger partial charge in [-0.1, -0.05) is 211 Å². The van der Waals surface area contributed by atoms with Gasteiger partial charge in [0.2, 0.25) is 0 Å².